The first-order valence-corrected chi connectivity index (χ1v) is 8.82. The second kappa shape index (κ2) is 6.52. The molecule has 1 aliphatic rings. The van der Waals surface area contributed by atoms with Gasteiger partial charge in [0.15, 0.2) is 5.78 Å². The number of allylic oxidation sites excluding steroid dienone is 1. The van der Waals surface area contributed by atoms with E-state index in [2.05, 4.69) is 0 Å². The Labute approximate surface area is 161 Å². The zero-order valence-corrected chi connectivity index (χ0v) is 15.1. The van der Waals surface area contributed by atoms with Gasteiger partial charge in [-0.1, -0.05) is 66.3 Å². The predicted molar refractivity (Wildman–Crippen MR) is 108 cm³/mol. The number of hydrogen-bond donors (Lipinski definition) is 1. The van der Waals surface area contributed by atoms with E-state index in [4.69, 9.17) is 23.8 Å². The second-order valence-electron chi connectivity index (χ2n) is 6.04. The Bertz CT molecular complexity index is 1100. The SMILES string of the molecule is O=C(/C=C1\c2ccccc2C(=S)c2ccc(Cl)cc21)c1cccc(O)c1. The molecule has 0 fully saturated rings. The van der Waals surface area contributed by atoms with Crippen LogP contribution in [0.3, 0.4) is 0 Å². The Kier molecular flexibility index (Phi) is 4.19. The Morgan fingerprint density at radius 3 is 2.38 bits per heavy atom. The van der Waals surface area contributed by atoms with Gasteiger partial charge >= 0.3 is 0 Å². The zero-order chi connectivity index (χ0) is 18.3. The maximum atomic E-state index is 12.8. The summed E-state index contributed by atoms with van der Waals surface area (Å²) in [6.07, 6.45) is 1.59. The number of halogens is 1. The number of phenolic OH excluding ortho intramolecular Hbond substituents is 1. The van der Waals surface area contributed by atoms with Gasteiger partial charge in [-0.25, -0.2) is 0 Å². The first-order valence-electron chi connectivity index (χ1n) is 8.03. The van der Waals surface area contributed by atoms with Crippen LogP contribution in [0.15, 0.2) is 72.8 Å². The summed E-state index contributed by atoms with van der Waals surface area (Å²) in [6.45, 7) is 0. The van der Waals surface area contributed by atoms with Crippen molar-refractivity contribution in [2.45, 2.75) is 0 Å². The van der Waals surface area contributed by atoms with E-state index in [1.165, 1.54) is 12.1 Å². The summed E-state index contributed by atoms with van der Waals surface area (Å²) in [5.41, 5.74) is 4.76. The minimum absolute atomic E-state index is 0.0583. The van der Waals surface area contributed by atoms with Crippen molar-refractivity contribution >= 4 is 40.0 Å². The molecule has 3 aromatic rings. The molecule has 26 heavy (non-hydrogen) atoms. The minimum atomic E-state index is -0.190. The lowest BCUT2D eigenvalue weighted by Gasteiger charge is -2.23. The average Bonchev–Trinajstić information content (AvgIpc) is 2.65. The van der Waals surface area contributed by atoms with Crippen LogP contribution in [0.1, 0.15) is 32.6 Å². The molecule has 1 N–H and O–H groups in total. The lowest BCUT2D eigenvalue weighted by molar-refractivity contribution is 0.104. The number of ketones is 1. The predicted octanol–water partition coefficient (Wildman–Crippen LogP) is 5.44. The van der Waals surface area contributed by atoms with E-state index in [9.17, 15) is 9.90 Å². The average molecular weight is 377 g/mol. The molecule has 4 rings (SSSR count). The number of thiocarbonyl (C=S) groups is 1. The van der Waals surface area contributed by atoms with E-state index in [0.29, 0.717) is 10.6 Å². The Morgan fingerprint density at radius 1 is 0.885 bits per heavy atom. The highest BCUT2D eigenvalue weighted by Crippen LogP contribution is 2.37. The molecule has 0 aliphatic heterocycles. The molecule has 0 saturated heterocycles. The summed E-state index contributed by atoms with van der Waals surface area (Å²) in [5.74, 6) is -0.132. The number of aromatic hydroxyl groups is 1. The van der Waals surface area contributed by atoms with Gasteiger partial charge in [0.25, 0.3) is 0 Å². The Morgan fingerprint density at radius 2 is 1.62 bits per heavy atom. The molecule has 0 saturated carbocycles. The highest BCUT2D eigenvalue weighted by molar-refractivity contribution is 7.81. The molecule has 0 atom stereocenters. The van der Waals surface area contributed by atoms with Crippen molar-refractivity contribution in [3.05, 3.63) is 106 Å². The molecule has 0 spiro atoms. The van der Waals surface area contributed by atoms with E-state index in [1.807, 2.05) is 36.4 Å². The van der Waals surface area contributed by atoms with Crippen LogP contribution >= 0.6 is 23.8 Å². The number of carbonyl (C=O) groups excluding carboxylic acids is 1. The van der Waals surface area contributed by atoms with Crippen molar-refractivity contribution in [2.24, 2.45) is 0 Å². The molecule has 0 radical (unpaired) electrons. The van der Waals surface area contributed by atoms with Gasteiger partial charge in [0, 0.05) is 21.7 Å². The van der Waals surface area contributed by atoms with E-state index in [1.54, 1.807) is 24.3 Å². The smallest absolute Gasteiger partial charge is 0.186 e. The number of rotatable bonds is 2. The van der Waals surface area contributed by atoms with Gasteiger partial charge in [-0.3, -0.25) is 4.79 Å². The van der Waals surface area contributed by atoms with Crippen LogP contribution in [0.5, 0.6) is 5.75 Å². The maximum absolute atomic E-state index is 12.8. The summed E-state index contributed by atoms with van der Waals surface area (Å²) in [7, 11) is 0. The molecule has 1 aliphatic carbocycles. The number of benzene rings is 3. The zero-order valence-electron chi connectivity index (χ0n) is 13.6. The third-order valence-corrected chi connectivity index (χ3v) is 5.06. The molecule has 126 valence electrons. The topological polar surface area (TPSA) is 37.3 Å². The second-order valence-corrected chi connectivity index (χ2v) is 6.88. The normalized spacial score (nSPS) is 14.0. The molecule has 0 heterocycles. The Hall–Kier alpha value is -2.75. The minimum Gasteiger partial charge on any atom is -0.508 e. The fourth-order valence-corrected chi connectivity index (χ4v) is 3.70. The van der Waals surface area contributed by atoms with Crippen molar-refractivity contribution < 1.29 is 9.90 Å². The first kappa shape index (κ1) is 16.7. The highest BCUT2D eigenvalue weighted by Gasteiger charge is 2.25. The van der Waals surface area contributed by atoms with Crippen molar-refractivity contribution in [2.75, 3.05) is 0 Å². The van der Waals surface area contributed by atoms with Crippen LogP contribution in [0.4, 0.5) is 0 Å². The van der Waals surface area contributed by atoms with Crippen LogP contribution in [0.2, 0.25) is 5.02 Å². The monoisotopic (exact) mass is 376 g/mol. The molecule has 4 heteroatoms. The molecular formula is C22H13ClO2S. The highest BCUT2D eigenvalue weighted by atomic mass is 35.5. The van der Waals surface area contributed by atoms with Gasteiger partial charge in [-0.2, -0.15) is 0 Å². The Balaban J connectivity index is 1.93. The van der Waals surface area contributed by atoms with Gasteiger partial charge in [0.2, 0.25) is 0 Å². The summed E-state index contributed by atoms with van der Waals surface area (Å²) >= 11 is 11.9. The van der Waals surface area contributed by atoms with Crippen LogP contribution < -0.4 is 0 Å². The van der Waals surface area contributed by atoms with Crippen molar-refractivity contribution in [3.8, 4) is 5.75 Å². The molecule has 0 unspecified atom stereocenters. The summed E-state index contributed by atoms with van der Waals surface area (Å²) in [6, 6.07) is 19.6. The quantitative estimate of drug-likeness (QED) is 0.287. The largest absolute Gasteiger partial charge is 0.508 e. The molecule has 2 nitrogen and oxygen atoms in total. The lowest BCUT2D eigenvalue weighted by Crippen LogP contribution is -2.14. The van der Waals surface area contributed by atoms with Crippen LogP contribution in [-0.2, 0) is 0 Å². The summed E-state index contributed by atoms with van der Waals surface area (Å²) < 4.78 is 0. The van der Waals surface area contributed by atoms with Crippen LogP contribution in [-0.4, -0.2) is 15.8 Å². The first-order chi connectivity index (χ1) is 12.5. The fourth-order valence-electron chi connectivity index (χ4n) is 3.17. The molecule has 3 aromatic carbocycles. The van der Waals surface area contributed by atoms with Crippen molar-refractivity contribution in [1.82, 2.24) is 0 Å². The molecular weight excluding hydrogens is 364 g/mol. The number of carbonyl (C=O) groups is 1. The standard InChI is InChI=1S/C22H13ClO2S/c23-14-8-9-18-19(11-14)20(16-6-1-2-7-17(16)22(18)26)12-21(25)13-4-3-5-15(24)10-13/h1-12,24H/b20-12+. The van der Waals surface area contributed by atoms with Crippen molar-refractivity contribution in [3.63, 3.8) is 0 Å². The summed E-state index contributed by atoms with van der Waals surface area (Å²) in [4.78, 5) is 13.5. The van der Waals surface area contributed by atoms with Crippen molar-refractivity contribution in [1.29, 1.82) is 0 Å². The number of phenols is 1. The van der Waals surface area contributed by atoms with E-state index in [-0.39, 0.29) is 11.5 Å². The summed E-state index contributed by atoms with van der Waals surface area (Å²) in [5, 5.41) is 10.2. The van der Waals surface area contributed by atoms with Crippen LogP contribution in [0, 0.1) is 0 Å². The molecule has 0 amide bonds. The molecule has 0 aromatic heterocycles. The van der Waals surface area contributed by atoms with E-state index < -0.39 is 0 Å². The van der Waals surface area contributed by atoms with Crippen LogP contribution in [0.25, 0.3) is 5.57 Å². The van der Waals surface area contributed by atoms with E-state index >= 15 is 0 Å². The maximum Gasteiger partial charge on any atom is 0.186 e. The molecule has 0 bridgehead atoms. The van der Waals surface area contributed by atoms with Gasteiger partial charge in [-0.05, 0) is 47.0 Å². The van der Waals surface area contributed by atoms with Gasteiger partial charge in [0.05, 0.1) is 4.86 Å². The number of hydrogen-bond acceptors (Lipinski definition) is 3. The lowest BCUT2D eigenvalue weighted by atomic mass is 9.81. The number of fused-ring (bicyclic) bond motifs is 2. The van der Waals surface area contributed by atoms with Gasteiger partial charge < -0.3 is 5.11 Å². The van der Waals surface area contributed by atoms with E-state index in [0.717, 1.165) is 32.7 Å². The van der Waals surface area contributed by atoms with Gasteiger partial charge in [0.1, 0.15) is 5.75 Å². The third-order valence-electron chi connectivity index (χ3n) is 4.38. The fraction of sp³-hybridized carbons (Fsp3) is 0. The van der Waals surface area contributed by atoms with Gasteiger partial charge in [-0.15, -0.1) is 0 Å². The third kappa shape index (κ3) is 2.85.